The predicted molar refractivity (Wildman–Crippen MR) is 56.3 cm³/mol. The first kappa shape index (κ1) is 8.74. The van der Waals surface area contributed by atoms with Crippen LogP contribution in [0.4, 0.5) is 5.82 Å². The van der Waals surface area contributed by atoms with Crippen molar-refractivity contribution in [1.29, 1.82) is 0 Å². The van der Waals surface area contributed by atoms with Crippen molar-refractivity contribution < 1.29 is 0 Å². The van der Waals surface area contributed by atoms with Gasteiger partial charge in [0.15, 0.2) is 5.82 Å². The molecule has 2 heterocycles. The Morgan fingerprint density at radius 1 is 1.57 bits per heavy atom. The molecule has 0 aliphatic heterocycles. The Morgan fingerprint density at radius 2 is 2.43 bits per heavy atom. The summed E-state index contributed by atoms with van der Waals surface area (Å²) in [5, 5.41) is 7.32. The number of hydrogen-bond acceptors (Lipinski definition) is 3. The largest absolute Gasteiger partial charge is 0.365 e. The fourth-order valence-electron chi connectivity index (χ4n) is 1.23. The van der Waals surface area contributed by atoms with E-state index < -0.39 is 0 Å². The van der Waals surface area contributed by atoms with Gasteiger partial charge in [0.2, 0.25) is 0 Å². The lowest BCUT2D eigenvalue weighted by Crippen LogP contribution is -2.05. The summed E-state index contributed by atoms with van der Waals surface area (Å²) in [5.74, 6) is 0.841. The molecule has 0 amide bonds. The van der Waals surface area contributed by atoms with Crippen molar-refractivity contribution in [3.05, 3.63) is 36.8 Å². The number of aromatic nitrogens is 3. The first-order valence-corrected chi connectivity index (χ1v) is 4.44. The molecule has 1 N–H and O–H groups in total. The molecule has 0 radical (unpaired) electrons. The molecule has 0 bridgehead atoms. The normalized spacial score (nSPS) is 10.4. The van der Waals surface area contributed by atoms with Gasteiger partial charge < -0.3 is 5.32 Å². The van der Waals surface area contributed by atoms with E-state index in [-0.39, 0.29) is 0 Å². The van der Waals surface area contributed by atoms with E-state index in [0.29, 0.717) is 0 Å². The molecule has 2 rings (SSSR count). The molecule has 72 valence electrons. The molecular formula is C10H12N4. The zero-order chi connectivity index (χ0) is 9.97. The van der Waals surface area contributed by atoms with Crippen LogP contribution in [-0.2, 0) is 0 Å². The molecule has 4 nitrogen and oxygen atoms in total. The monoisotopic (exact) mass is 188 g/mol. The van der Waals surface area contributed by atoms with E-state index in [4.69, 9.17) is 0 Å². The zero-order valence-corrected chi connectivity index (χ0v) is 8.07. The molecule has 0 fully saturated rings. The molecular weight excluding hydrogens is 176 g/mol. The van der Waals surface area contributed by atoms with Crippen molar-refractivity contribution in [2.75, 3.05) is 11.9 Å². The Kier molecular flexibility index (Phi) is 2.18. The third-order valence-electron chi connectivity index (χ3n) is 1.88. The average molecular weight is 188 g/mol. The van der Waals surface area contributed by atoms with Gasteiger partial charge in [-0.25, -0.2) is 9.50 Å². The molecule has 2 aromatic rings. The second kappa shape index (κ2) is 3.49. The molecule has 2 aromatic heterocycles. The van der Waals surface area contributed by atoms with Gasteiger partial charge in [-0.1, -0.05) is 12.2 Å². The van der Waals surface area contributed by atoms with Gasteiger partial charge in [0.1, 0.15) is 5.52 Å². The number of anilines is 1. The molecule has 14 heavy (non-hydrogen) atoms. The summed E-state index contributed by atoms with van der Waals surface area (Å²) in [6, 6.07) is 1.92. The van der Waals surface area contributed by atoms with Crippen LogP contribution in [-0.4, -0.2) is 21.1 Å². The summed E-state index contributed by atoms with van der Waals surface area (Å²) in [4.78, 5) is 4.24. The van der Waals surface area contributed by atoms with Crippen molar-refractivity contribution in [1.82, 2.24) is 14.6 Å². The van der Waals surface area contributed by atoms with E-state index in [1.54, 1.807) is 16.9 Å². The highest BCUT2D eigenvalue weighted by Crippen LogP contribution is 2.12. The highest BCUT2D eigenvalue weighted by atomic mass is 15.2. The molecule has 0 saturated heterocycles. The average Bonchev–Trinajstić information content (AvgIpc) is 2.62. The second-order valence-corrected chi connectivity index (χ2v) is 3.25. The zero-order valence-electron chi connectivity index (χ0n) is 8.07. The smallest absolute Gasteiger partial charge is 0.152 e. The number of nitrogens with one attached hydrogen (secondary N) is 1. The van der Waals surface area contributed by atoms with Crippen molar-refractivity contribution in [3.8, 4) is 0 Å². The summed E-state index contributed by atoms with van der Waals surface area (Å²) >= 11 is 0. The SMILES string of the molecule is C=C(C)CNc1nccn2nccc12. The third-order valence-corrected chi connectivity index (χ3v) is 1.88. The minimum absolute atomic E-state index is 0.734. The van der Waals surface area contributed by atoms with Gasteiger partial charge in [0.05, 0.1) is 6.20 Å². The van der Waals surface area contributed by atoms with Crippen LogP contribution in [0.2, 0.25) is 0 Å². The molecule has 0 saturated carbocycles. The van der Waals surface area contributed by atoms with Crippen LogP contribution in [0.25, 0.3) is 5.52 Å². The number of fused-ring (bicyclic) bond motifs is 1. The quantitative estimate of drug-likeness (QED) is 0.746. The second-order valence-electron chi connectivity index (χ2n) is 3.25. The maximum atomic E-state index is 4.24. The number of nitrogens with zero attached hydrogens (tertiary/aromatic N) is 3. The van der Waals surface area contributed by atoms with Gasteiger partial charge in [0, 0.05) is 18.9 Å². The maximum Gasteiger partial charge on any atom is 0.152 e. The van der Waals surface area contributed by atoms with Crippen molar-refractivity contribution >= 4 is 11.3 Å². The Bertz CT molecular complexity index is 458. The minimum Gasteiger partial charge on any atom is -0.365 e. The van der Waals surface area contributed by atoms with Crippen molar-refractivity contribution in [2.45, 2.75) is 6.92 Å². The van der Waals surface area contributed by atoms with Crippen molar-refractivity contribution in [2.24, 2.45) is 0 Å². The lowest BCUT2D eigenvalue weighted by atomic mass is 10.3. The minimum atomic E-state index is 0.734. The topological polar surface area (TPSA) is 42.2 Å². The molecule has 0 atom stereocenters. The van der Waals surface area contributed by atoms with E-state index in [1.165, 1.54) is 0 Å². The first-order chi connectivity index (χ1) is 6.77. The first-order valence-electron chi connectivity index (χ1n) is 4.44. The highest BCUT2D eigenvalue weighted by molar-refractivity contribution is 5.66. The molecule has 0 aliphatic carbocycles. The Labute approximate surface area is 82.3 Å². The van der Waals surface area contributed by atoms with Crippen LogP contribution in [0.15, 0.2) is 36.8 Å². The van der Waals surface area contributed by atoms with E-state index in [1.807, 2.05) is 19.2 Å². The van der Waals surface area contributed by atoms with E-state index in [2.05, 4.69) is 22.0 Å². The van der Waals surface area contributed by atoms with Crippen LogP contribution < -0.4 is 5.32 Å². The van der Waals surface area contributed by atoms with Crippen LogP contribution in [0.1, 0.15) is 6.92 Å². The molecule has 0 unspecified atom stereocenters. The summed E-state index contributed by atoms with van der Waals surface area (Å²) in [7, 11) is 0. The summed E-state index contributed by atoms with van der Waals surface area (Å²) in [5.41, 5.74) is 2.06. The van der Waals surface area contributed by atoms with Gasteiger partial charge in [0.25, 0.3) is 0 Å². The number of hydrogen-bond donors (Lipinski definition) is 1. The Hall–Kier alpha value is -1.84. The third kappa shape index (κ3) is 1.59. The fraction of sp³-hybridized carbons (Fsp3) is 0.200. The van der Waals surface area contributed by atoms with E-state index in [9.17, 15) is 0 Å². The van der Waals surface area contributed by atoms with Gasteiger partial charge in [-0.15, -0.1) is 0 Å². The van der Waals surface area contributed by atoms with Gasteiger partial charge in [-0.2, -0.15) is 5.10 Å². The molecule has 0 aliphatic rings. The maximum absolute atomic E-state index is 4.24. The molecule has 0 spiro atoms. The van der Waals surface area contributed by atoms with E-state index in [0.717, 1.165) is 23.5 Å². The summed E-state index contributed by atoms with van der Waals surface area (Å²) < 4.78 is 1.79. The van der Waals surface area contributed by atoms with Crippen LogP contribution in [0.5, 0.6) is 0 Å². The Morgan fingerprint density at radius 3 is 3.21 bits per heavy atom. The number of rotatable bonds is 3. The van der Waals surface area contributed by atoms with Crippen LogP contribution in [0.3, 0.4) is 0 Å². The van der Waals surface area contributed by atoms with E-state index >= 15 is 0 Å². The highest BCUT2D eigenvalue weighted by Gasteiger charge is 2.01. The molecule has 0 aromatic carbocycles. The predicted octanol–water partition coefficient (Wildman–Crippen LogP) is 1.72. The standard InChI is InChI=1S/C10H12N4/c1-8(2)7-12-10-9-3-4-13-14(9)6-5-11-10/h3-6H,1,7H2,2H3,(H,11,12). The lowest BCUT2D eigenvalue weighted by molar-refractivity contribution is 0.944. The molecule has 4 heteroatoms. The Balaban J connectivity index is 2.32. The van der Waals surface area contributed by atoms with Gasteiger partial charge in [-0.05, 0) is 13.0 Å². The lowest BCUT2D eigenvalue weighted by Gasteiger charge is -2.05. The fourth-order valence-corrected chi connectivity index (χ4v) is 1.23. The van der Waals surface area contributed by atoms with Gasteiger partial charge >= 0.3 is 0 Å². The summed E-state index contributed by atoms with van der Waals surface area (Å²) in [6.45, 7) is 6.53. The van der Waals surface area contributed by atoms with Crippen LogP contribution >= 0.6 is 0 Å². The summed E-state index contributed by atoms with van der Waals surface area (Å²) in [6.07, 6.45) is 5.30. The van der Waals surface area contributed by atoms with Gasteiger partial charge in [-0.3, -0.25) is 0 Å². The van der Waals surface area contributed by atoms with Crippen molar-refractivity contribution in [3.63, 3.8) is 0 Å². The van der Waals surface area contributed by atoms with Crippen LogP contribution in [0, 0.1) is 0 Å².